The fourth-order valence-electron chi connectivity index (χ4n) is 2.11. The minimum atomic E-state index is -2.81. The summed E-state index contributed by atoms with van der Waals surface area (Å²) < 4.78 is 23.1. The number of pyridine rings is 1. The maximum Gasteiger partial charge on any atom is 0.154 e. The third-order valence-corrected chi connectivity index (χ3v) is 5.39. The zero-order valence-electron chi connectivity index (χ0n) is 9.80. The summed E-state index contributed by atoms with van der Waals surface area (Å²) in [6, 6.07) is 5.83. The summed E-state index contributed by atoms with van der Waals surface area (Å²) >= 11 is 0. The second kappa shape index (κ2) is 5.60. The van der Waals surface area contributed by atoms with Crippen molar-refractivity contribution in [3.63, 3.8) is 0 Å². The summed E-state index contributed by atoms with van der Waals surface area (Å²) in [5, 5.41) is 3.04. The standard InChI is InChI=1S/C12H18N2O2S/c15-17(16)9-3-5-12(17)10-13-8-6-11-4-1-2-7-14-11/h1-2,4,7,12-13H,3,5-6,8-10H2. The highest BCUT2D eigenvalue weighted by atomic mass is 32.2. The van der Waals surface area contributed by atoms with E-state index in [2.05, 4.69) is 10.3 Å². The third-order valence-electron chi connectivity index (χ3n) is 3.12. The number of rotatable bonds is 5. The van der Waals surface area contributed by atoms with Crippen molar-refractivity contribution in [3.8, 4) is 0 Å². The molecule has 17 heavy (non-hydrogen) atoms. The van der Waals surface area contributed by atoms with Crippen molar-refractivity contribution in [1.29, 1.82) is 0 Å². The van der Waals surface area contributed by atoms with Gasteiger partial charge in [-0.1, -0.05) is 6.07 Å². The Morgan fingerprint density at radius 1 is 1.41 bits per heavy atom. The lowest BCUT2D eigenvalue weighted by Gasteiger charge is -2.10. The first-order chi connectivity index (χ1) is 8.18. The summed E-state index contributed by atoms with van der Waals surface area (Å²) in [5.74, 6) is 0.361. The molecule has 0 aliphatic carbocycles. The molecule has 0 bridgehead atoms. The molecule has 1 aliphatic heterocycles. The Hall–Kier alpha value is -0.940. The van der Waals surface area contributed by atoms with Gasteiger partial charge in [0, 0.05) is 31.4 Å². The van der Waals surface area contributed by atoms with Crippen molar-refractivity contribution >= 4 is 9.84 Å². The number of hydrogen-bond donors (Lipinski definition) is 1. The molecule has 0 radical (unpaired) electrons. The zero-order chi connectivity index (χ0) is 12.1. The van der Waals surface area contributed by atoms with Crippen molar-refractivity contribution in [1.82, 2.24) is 10.3 Å². The van der Waals surface area contributed by atoms with Gasteiger partial charge in [-0.25, -0.2) is 8.42 Å². The molecule has 0 saturated carbocycles. The molecule has 1 aliphatic rings. The summed E-state index contributed by atoms with van der Waals surface area (Å²) in [4.78, 5) is 4.22. The summed E-state index contributed by atoms with van der Waals surface area (Å²) in [5.41, 5.74) is 1.04. The highest BCUT2D eigenvalue weighted by Crippen LogP contribution is 2.18. The molecule has 0 aromatic carbocycles. The summed E-state index contributed by atoms with van der Waals surface area (Å²) in [6.07, 6.45) is 4.23. The molecule has 2 heterocycles. The highest BCUT2D eigenvalue weighted by molar-refractivity contribution is 7.92. The molecule has 5 heteroatoms. The topological polar surface area (TPSA) is 59.1 Å². The molecule has 1 saturated heterocycles. The van der Waals surface area contributed by atoms with Gasteiger partial charge in [-0.05, 0) is 25.0 Å². The molecule has 1 atom stereocenters. The molecule has 2 rings (SSSR count). The van der Waals surface area contributed by atoms with E-state index >= 15 is 0 Å². The lowest BCUT2D eigenvalue weighted by atomic mass is 10.2. The van der Waals surface area contributed by atoms with Crippen LogP contribution in [0.25, 0.3) is 0 Å². The number of hydrogen-bond acceptors (Lipinski definition) is 4. The van der Waals surface area contributed by atoms with Crippen molar-refractivity contribution < 1.29 is 8.42 Å². The first kappa shape index (κ1) is 12.5. The van der Waals surface area contributed by atoms with Crippen LogP contribution in [0.15, 0.2) is 24.4 Å². The number of nitrogens with one attached hydrogen (secondary N) is 1. The molecule has 1 aromatic rings. The van der Waals surface area contributed by atoms with Gasteiger partial charge in [0.25, 0.3) is 0 Å². The molecule has 0 spiro atoms. The molecule has 1 N–H and O–H groups in total. The monoisotopic (exact) mass is 254 g/mol. The Bertz CT molecular complexity index is 445. The summed E-state index contributed by atoms with van der Waals surface area (Å²) in [6.45, 7) is 1.36. The molecule has 1 aromatic heterocycles. The van der Waals surface area contributed by atoms with Gasteiger partial charge in [0.05, 0.1) is 11.0 Å². The van der Waals surface area contributed by atoms with E-state index in [-0.39, 0.29) is 5.25 Å². The van der Waals surface area contributed by atoms with Crippen molar-refractivity contribution in [2.24, 2.45) is 0 Å². The van der Waals surface area contributed by atoms with E-state index in [1.807, 2.05) is 18.2 Å². The van der Waals surface area contributed by atoms with Crippen LogP contribution in [-0.2, 0) is 16.3 Å². The van der Waals surface area contributed by atoms with Crippen molar-refractivity contribution in [3.05, 3.63) is 30.1 Å². The maximum atomic E-state index is 11.6. The molecule has 1 fully saturated rings. The normalized spacial score (nSPS) is 22.7. The van der Waals surface area contributed by atoms with Crippen LogP contribution in [0.4, 0.5) is 0 Å². The van der Waals surface area contributed by atoms with E-state index in [1.54, 1.807) is 6.20 Å². The van der Waals surface area contributed by atoms with Gasteiger partial charge in [0.15, 0.2) is 9.84 Å². The Morgan fingerprint density at radius 2 is 2.29 bits per heavy atom. The quantitative estimate of drug-likeness (QED) is 0.789. The Balaban J connectivity index is 1.70. The van der Waals surface area contributed by atoms with Gasteiger partial charge in [0.1, 0.15) is 0 Å². The zero-order valence-corrected chi connectivity index (χ0v) is 10.6. The van der Waals surface area contributed by atoms with Crippen LogP contribution in [-0.4, -0.2) is 37.5 Å². The third kappa shape index (κ3) is 3.51. The van der Waals surface area contributed by atoms with Crippen LogP contribution >= 0.6 is 0 Å². The van der Waals surface area contributed by atoms with Crippen LogP contribution in [0.3, 0.4) is 0 Å². The van der Waals surface area contributed by atoms with Crippen LogP contribution in [0.1, 0.15) is 18.5 Å². The molecule has 4 nitrogen and oxygen atoms in total. The SMILES string of the molecule is O=S1(=O)CCCC1CNCCc1ccccn1. The first-order valence-electron chi connectivity index (χ1n) is 6.01. The van der Waals surface area contributed by atoms with E-state index in [0.29, 0.717) is 12.3 Å². The Labute approximate surface area is 102 Å². The minimum absolute atomic E-state index is 0.175. The van der Waals surface area contributed by atoms with E-state index < -0.39 is 9.84 Å². The lowest BCUT2D eigenvalue weighted by molar-refractivity contribution is 0.574. The second-order valence-electron chi connectivity index (χ2n) is 4.41. The average molecular weight is 254 g/mol. The smallest absolute Gasteiger partial charge is 0.154 e. The fraction of sp³-hybridized carbons (Fsp3) is 0.583. The molecule has 94 valence electrons. The van der Waals surface area contributed by atoms with E-state index in [1.165, 1.54) is 0 Å². The number of aromatic nitrogens is 1. The minimum Gasteiger partial charge on any atom is -0.315 e. The van der Waals surface area contributed by atoms with E-state index in [9.17, 15) is 8.42 Å². The molecular weight excluding hydrogens is 236 g/mol. The largest absolute Gasteiger partial charge is 0.315 e. The lowest BCUT2D eigenvalue weighted by Crippen LogP contribution is -2.31. The first-order valence-corrected chi connectivity index (χ1v) is 7.72. The predicted octanol–water partition coefficient (Wildman–Crippen LogP) is 0.791. The second-order valence-corrected chi connectivity index (χ2v) is 6.81. The van der Waals surface area contributed by atoms with Gasteiger partial charge in [-0.15, -0.1) is 0 Å². The van der Waals surface area contributed by atoms with Gasteiger partial charge in [0.2, 0.25) is 0 Å². The number of sulfone groups is 1. The highest BCUT2D eigenvalue weighted by Gasteiger charge is 2.30. The van der Waals surface area contributed by atoms with E-state index in [0.717, 1.165) is 31.5 Å². The van der Waals surface area contributed by atoms with Gasteiger partial charge < -0.3 is 5.32 Å². The van der Waals surface area contributed by atoms with E-state index in [4.69, 9.17) is 0 Å². The van der Waals surface area contributed by atoms with Crippen LogP contribution in [0.5, 0.6) is 0 Å². The maximum absolute atomic E-state index is 11.6. The Morgan fingerprint density at radius 3 is 2.94 bits per heavy atom. The molecule has 0 amide bonds. The molecular formula is C12H18N2O2S. The van der Waals surface area contributed by atoms with Gasteiger partial charge >= 0.3 is 0 Å². The number of nitrogens with zero attached hydrogens (tertiary/aromatic N) is 1. The predicted molar refractivity (Wildman–Crippen MR) is 67.6 cm³/mol. The summed E-state index contributed by atoms with van der Waals surface area (Å²) in [7, 11) is -2.81. The molecule has 1 unspecified atom stereocenters. The van der Waals surface area contributed by atoms with Crippen molar-refractivity contribution in [2.45, 2.75) is 24.5 Å². The van der Waals surface area contributed by atoms with Gasteiger partial charge in [-0.3, -0.25) is 4.98 Å². The average Bonchev–Trinajstić information content (AvgIpc) is 2.66. The van der Waals surface area contributed by atoms with Crippen LogP contribution < -0.4 is 5.32 Å². The Kier molecular flexibility index (Phi) is 4.12. The van der Waals surface area contributed by atoms with Crippen LogP contribution in [0, 0.1) is 0 Å². The van der Waals surface area contributed by atoms with Crippen molar-refractivity contribution in [2.75, 3.05) is 18.8 Å². The van der Waals surface area contributed by atoms with Gasteiger partial charge in [-0.2, -0.15) is 0 Å². The fourth-order valence-corrected chi connectivity index (χ4v) is 3.91. The van der Waals surface area contributed by atoms with Crippen LogP contribution in [0.2, 0.25) is 0 Å².